The van der Waals surface area contributed by atoms with Crippen LogP contribution < -0.4 is 5.32 Å². The maximum atomic E-state index is 11.7. The molecule has 1 aliphatic carbocycles. The lowest BCUT2D eigenvalue weighted by atomic mass is 10.2. The predicted octanol–water partition coefficient (Wildman–Crippen LogP) is 2.51. The smallest absolute Gasteiger partial charge is 0.230 e. The summed E-state index contributed by atoms with van der Waals surface area (Å²) in [5.74, 6) is 1.10. The van der Waals surface area contributed by atoms with Gasteiger partial charge in [0.25, 0.3) is 0 Å². The Hall–Kier alpha value is -1.53. The largest absolute Gasteiger partial charge is 0.353 e. The van der Waals surface area contributed by atoms with Crippen molar-refractivity contribution in [2.45, 2.75) is 24.0 Å². The van der Waals surface area contributed by atoms with Gasteiger partial charge < -0.3 is 9.88 Å². The third-order valence-corrected chi connectivity index (χ3v) is 4.57. The number of benzene rings is 1. The molecule has 1 amide bonds. The van der Waals surface area contributed by atoms with Gasteiger partial charge in [-0.05, 0) is 25.0 Å². The van der Waals surface area contributed by atoms with Gasteiger partial charge in [-0.3, -0.25) is 4.79 Å². The minimum Gasteiger partial charge on any atom is -0.353 e. The van der Waals surface area contributed by atoms with E-state index in [1.807, 2.05) is 35.9 Å². The molecule has 21 heavy (non-hydrogen) atoms. The van der Waals surface area contributed by atoms with Gasteiger partial charge in [0, 0.05) is 18.7 Å². The summed E-state index contributed by atoms with van der Waals surface area (Å²) in [6, 6.07) is 7.89. The van der Waals surface area contributed by atoms with Crippen molar-refractivity contribution in [2.24, 2.45) is 7.05 Å². The highest BCUT2D eigenvalue weighted by Crippen LogP contribution is 2.28. The molecule has 2 aromatic rings. The Kier molecular flexibility index (Phi) is 4.17. The lowest BCUT2D eigenvalue weighted by Crippen LogP contribution is -2.27. The molecule has 1 heterocycles. The number of halogens is 1. The van der Waals surface area contributed by atoms with Gasteiger partial charge in [0.2, 0.25) is 5.91 Å². The zero-order chi connectivity index (χ0) is 14.8. The first-order valence-electron chi connectivity index (χ1n) is 6.71. The summed E-state index contributed by atoms with van der Waals surface area (Å²) < 4.78 is 1.86. The van der Waals surface area contributed by atoms with Gasteiger partial charge in [-0.25, -0.2) is 0 Å². The molecule has 1 N–H and O–H groups in total. The minimum absolute atomic E-state index is 0.0461. The number of carbonyl (C=O) groups is 1. The molecular formula is C14H15ClN4OS. The minimum atomic E-state index is 0.0461. The van der Waals surface area contributed by atoms with Crippen LogP contribution in [0.3, 0.4) is 0 Å². The number of nitrogens with one attached hydrogen (secondary N) is 1. The van der Waals surface area contributed by atoms with Gasteiger partial charge in [0.1, 0.15) is 0 Å². The van der Waals surface area contributed by atoms with Crippen molar-refractivity contribution in [3.8, 4) is 11.4 Å². The van der Waals surface area contributed by atoms with Gasteiger partial charge >= 0.3 is 0 Å². The first kappa shape index (κ1) is 14.4. The van der Waals surface area contributed by atoms with Crippen LogP contribution in [-0.4, -0.2) is 32.5 Å². The number of thioether (sulfide) groups is 1. The van der Waals surface area contributed by atoms with Crippen molar-refractivity contribution < 1.29 is 4.79 Å². The van der Waals surface area contributed by atoms with Crippen LogP contribution >= 0.6 is 23.4 Å². The summed E-state index contributed by atoms with van der Waals surface area (Å²) in [6.45, 7) is 0. The Morgan fingerprint density at radius 2 is 2.19 bits per heavy atom. The molecular weight excluding hydrogens is 308 g/mol. The monoisotopic (exact) mass is 322 g/mol. The van der Waals surface area contributed by atoms with E-state index in [4.69, 9.17) is 11.6 Å². The van der Waals surface area contributed by atoms with Crippen LogP contribution in [0.5, 0.6) is 0 Å². The fourth-order valence-corrected chi connectivity index (χ4v) is 2.89. The van der Waals surface area contributed by atoms with Gasteiger partial charge in [-0.1, -0.05) is 35.5 Å². The molecule has 1 saturated carbocycles. The molecule has 0 radical (unpaired) electrons. The van der Waals surface area contributed by atoms with Crippen molar-refractivity contribution in [3.05, 3.63) is 29.3 Å². The zero-order valence-electron chi connectivity index (χ0n) is 11.5. The fraction of sp³-hybridized carbons (Fsp3) is 0.357. The van der Waals surface area contributed by atoms with E-state index in [1.54, 1.807) is 0 Å². The average molecular weight is 323 g/mol. The van der Waals surface area contributed by atoms with Gasteiger partial charge in [-0.15, -0.1) is 10.2 Å². The molecule has 0 aliphatic heterocycles. The van der Waals surface area contributed by atoms with Crippen LogP contribution in [0.15, 0.2) is 29.4 Å². The molecule has 0 unspecified atom stereocenters. The second-order valence-electron chi connectivity index (χ2n) is 4.98. The van der Waals surface area contributed by atoms with E-state index in [0.29, 0.717) is 27.8 Å². The highest BCUT2D eigenvalue weighted by molar-refractivity contribution is 7.99. The number of aromatic nitrogens is 3. The third kappa shape index (κ3) is 3.39. The van der Waals surface area contributed by atoms with Crippen LogP contribution in [-0.2, 0) is 11.8 Å². The number of rotatable bonds is 5. The molecule has 1 fully saturated rings. The van der Waals surface area contributed by atoms with Gasteiger partial charge in [-0.2, -0.15) is 0 Å². The molecule has 1 aromatic carbocycles. The van der Waals surface area contributed by atoms with Crippen LogP contribution in [0, 0.1) is 0 Å². The first-order valence-corrected chi connectivity index (χ1v) is 8.08. The molecule has 1 aromatic heterocycles. The Bertz CT molecular complexity index is 669. The summed E-state index contributed by atoms with van der Waals surface area (Å²) in [7, 11) is 1.87. The highest BCUT2D eigenvalue weighted by atomic mass is 35.5. The lowest BCUT2D eigenvalue weighted by Gasteiger charge is -2.05. The van der Waals surface area contributed by atoms with Crippen molar-refractivity contribution in [1.29, 1.82) is 0 Å². The summed E-state index contributed by atoms with van der Waals surface area (Å²) in [5, 5.41) is 12.6. The highest BCUT2D eigenvalue weighted by Gasteiger charge is 2.23. The molecule has 1 aliphatic rings. The SMILES string of the molecule is Cn1c(SCC(=O)NC2CC2)nnc1-c1ccccc1Cl. The fourth-order valence-electron chi connectivity index (χ4n) is 1.94. The zero-order valence-corrected chi connectivity index (χ0v) is 13.1. The van der Waals surface area contributed by atoms with Crippen LogP contribution in [0.25, 0.3) is 11.4 Å². The Morgan fingerprint density at radius 3 is 2.90 bits per heavy atom. The van der Waals surface area contributed by atoms with E-state index in [9.17, 15) is 4.79 Å². The van der Waals surface area contributed by atoms with Crippen molar-refractivity contribution >= 4 is 29.3 Å². The molecule has 7 heteroatoms. The van der Waals surface area contributed by atoms with Crippen LogP contribution in [0.4, 0.5) is 0 Å². The van der Waals surface area contributed by atoms with E-state index >= 15 is 0 Å². The normalized spacial score (nSPS) is 14.2. The second kappa shape index (κ2) is 6.07. The number of nitrogens with zero attached hydrogens (tertiary/aromatic N) is 3. The average Bonchev–Trinajstić information content (AvgIpc) is 3.20. The number of hydrogen-bond donors (Lipinski definition) is 1. The van der Waals surface area contributed by atoms with E-state index in [1.165, 1.54) is 11.8 Å². The van der Waals surface area contributed by atoms with E-state index < -0.39 is 0 Å². The first-order chi connectivity index (χ1) is 10.1. The van der Waals surface area contributed by atoms with Crippen LogP contribution in [0.1, 0.15) is 12.8 Å². The molecule has 3 rings (SSSR count). The molecule has 110 valence electrons. The van der Waals surface area contributed by atoms with Crippen molar-refractivity contribution in [1.82, 2.24) is 20.1 Å². The molecule has 0 bridgehead atoms. The molecule has 0 spiro atoms. The predicted molar refractivity (Wildman–Crippen MR) is 83.3 cm³/mol. The maximum absolute atomic E-state index is 11.7. The number of hydrogen-bond acceptors (Lipinski definition) is 4. The Balaban J connectivity index is 1.70. The third-order valence-electron chi connectivity index (χ3n) is 3.22. The Morgan fingerprint density at radius 1 is 1.43 bits per heavy atom. The second-order valence-corrected chi connectivity index (χ2v) is 6.33. The Labute approximate surface area is 132 Å². The van der Waals surface area contributed by atoms with E-state index in [0.717, 1.165) is 18.4 Å². The number of amides is 1. The van der Waals surface area contributed by atoms with Gasteiger partial charge in [0.05, 0.1) is 10.8 Å². The van der Waals surface area contributed by atoms with Crippen LogP contribution in [0.2, 0.25) is 5.02 Å². The van der Waals surface area contributed by atoms with Gasteiger partial charge in [0.15, 0.2) is 11.0 Å². The summed E-state index contributed by atoms with van der Waals surface area (Å²) >= 11 is 7.56. The molecule has 5 nitrogen and oxygen atoms in total. The summed E-state index contributed by atoms with van der Waals surface area (Å²) in [5.41, 5.74) is 0.837. The summed E-state index contributed by atoms with van der Waals surface area (Å²) in [4.78, 5) is 11.7. The number of carbonyl (C=O) groups excluding carboxylic acids is 1. The summed E-state index contributed by atoms with van der Waals surface area (Å²) in [6.07, 6.45) is 2.19. The maximum Gasteiger partial charge on any atom is 0.230 e. The molecule has 0 atom stereocenters. The van der Waals surface area contributed by atoms with E-state index in [-0.39, 0.29) is 5.91 Å². The molecule has 0 saturated heterocycles. The van der Waals surface area contributed by atoms with Crippen molar-refractivity contribution in [2.75, 3.05) is 5.75 Å². The quantitative estimate of drug-likeness (QED) is 0.859. The topological polar surface area (TPSA) is 59.8 Å². The van der Waals surface area contributed by atoms with E-state index in [2.05, 4.69) is 15.5 Å². The van der Waals surface area contributed by atoms with Crippen molar-refractivity contribution in [3.63, 3.8) is 0 Å². The standard InChI is InChI=1S/C14H15ClN4OS/c1-19-13(10-4-2-3-5-11(10)15)17-18-14(19)21-8-12(20)16-9-6-7-9/h2-5,9H,6-8H2,1H3,(H,16,20). The lowest BCUT2D eigenvalue weighted by molar-refractivity contribution is -0.118.